The predicted octanol–water partition coefficient (Wildman–Crippen LogP) is 1.84. The van der Waals surface area contributed by atoms with Crippen molar-refractivity contribution in [1.82, 2.24) is 4.90 Å². The molecule has 1 amide bonds. The third kappa shape index (κ3) is 2.85. The quantitative estimate of drug-likeness (QED) is 0.911. The second-order valence-corrected chi connectivity index (χ2v) is 8.18. The van der Waals surface area contributed by atoms with Crippen LogP contribution < -0.4 is 4.90 Å². The summed E-state index contributed by atoms with van der Waals surface area (Å²) >= 11 is 3.50. The van der Waals surface area contributed by atoms with E-state index in [-0.39, 0.29) is 5.91 Å². The van der Waals surface area contributed by atoms with Gasteiger partial charge in [-0.05, 0) is 47.7 Å². The van der Waals surface area contributed by atoms with Crippen molar-refractivity contribution < 1.29 is 9.69 Å². The lowest BCUT2D eigenvalue weighted by molar-refractivity contribution is -0.917. The van der Waals surface area contributed by atoms with Crippen LogP contribution in [0.15, 0.2) is 22.9 Å². The Bertz CT molecular complexity index is 633. The van der Waals surface area contributed by atoms with Gasteiger partial charge in [0.15, 0.2) is 0 Å². The Morgan fingerprint density at radius 2 is 2.14 bits per heavy atom. The van der Waals surface area contributed by atoms with E-state index in [4.69, 9.17) is 0 Å². The molecule has 0 unspecified atom stereocenters. The van der Waals surface area contributed by atoms with Crippen LogP contribution in [0.4, 0.5) is 0 Å². The van der Waals surface area contributed by atoms with Gasteiger partial charge in [0.2, 0.25) is 0 Å². The van der Waals surface area contributed by atoms with E-state index < -0.39 is 0 Å². The van der Waals surface area contributed by atoms with Crippen molar-refractivity contribution >= 4 is 28.6 Å². The normalized spacial score (nSPS) is 18.6. The molecule has 2 aliphatic rings. The van der Waals surface area contributed by atoms with Gasteiger partial charge in [0.05, 0.1) is 31.1 Å². The number of aryl methyl sites for hydroxylation is 2. The van der Waals surface area contributed by atoms with Crippen LogP contribution in [0.2, 0.25) is 0 Å². The molecule has 116 valence electrons. The lowest BCUT2D eigenvalue weighted by Gasteiger charge is -2.31. The number of nitrogens with one attached hydrogen (secondary N) is 1. The molecule has 0 atom stereocenters. The van der Waals surface area contributed by atoms with Gasteiger partial charge in [-0.15, -0.1) is 11.3 Å². The number of piperazine rings is 1. The summed E-state index contributed by atoms with van der Waals surface area (Å²) in [5, 5.41) is 4.38. The Labute approximate surface area is 139 Å². The Hall–Kier alpha value is -1.17. The van der Waals surface area contributed by atoms with Gasteiger partial charge in [0.1, 0.15) is 6.54 Å². The highest BCUT2D eigenvalue weighted by atomic mass is 32.1. The fourth-order valence-corrected chi connectivity index (χ4v) is 5.37. The first kappa shape index (κ1) is 14.4. The van der Waals surface area contributed by atoms with Crippen LogP contribution in [0.25, 0.3) is 0 Å². The number of rotatable bonds is 3. The zero-order valence-corrected chi connectivity index (χ0v) is 14.3. The highest BCUT2D eigenvalue weighted by Gasteiger charge is 2.27. The van der Waals surface area contributed by atoms with Crippen LogP contribution in [-0.4, -0.2) is 37.0 Å². The van der Waals surface area contributed by atoms with Gasteiger partial charge >= 0.3 is 0 Å². The Morgan fingerprint density at radius 1 is 1.27 bits per heavy atom. The third-order valence-corrected chi connectivity index (χ3v) is 6.71. The van der Waals surface area contributed by atoms with Crippen LogP contribution in [0.5, 0.6) is 0 Å². The fraction of sp³-hybridized carbons (Fsp3) is 0.471. The molecule has 5 heteroatoms. The minimum atomic E-state index is 0.258. The molecular weight excluding hydrogens is 312 g/mol. The van der Waals surface area contributed by atoms with Crippen molar-refractivity contribution in [2.75, 3.05) is 26.2 Å². The first-order valence-corrected chi connectivity index (χ1v) is 9.81. The highest BCUT2D eigenvalue weighted by molar-refractivity contribution is 7.14. The number of quaternary nitrogens is 1. The van der Waals surface area contributed by atoms with Crippen molar-refractivity contribution in [3.63, 3.8) is 0 Å². The number of carbonyl (C=O) groups is 1. The molecule has 22 heavy (non-hydrogen) atoms. The van der Waals surface area contributed by atoms with Gasteiger partial charge in [-0.25, -0.2) is 0 Å². The van der Waals surface area contributed by atoms with E-state index in [1.807, 2.05) is 0 Å². The van der Waals surface area contributed by atoms with Crippen molar-refractivity contribution in [2.24, 2.45) is 0 Å². The molecule has 3 heterocycles. The topological polar surface area (TPSA) is 24.8 Å². The van der Waals surface area contributed by atoms with E-state index in [2.05, 4.69) is 27.8 Å². The predicted molar refractivity (Wildman–Crippen MR) is 91.0 cm³/mol. The number of hydrogen-bond donors (Lipinski definition) is 1. The minimum absolute atomic E-state index is 0.258. The second kappa shape index (κ2) is 6.14. The van der Waals surface area contributed by atoms with Crippen LogP contribution in [-0.2, 0) is 19.4 Å². The van der Waals surface area contributed by atoms with Gasteiger partial charge in [-0.3, -0.25) is 4.79 Å². The summed E-state index contributed by atoms with van der Waals surface area (Å²) < 4.78 is 0. The van der Waals surface area contributed by atoms with Crippen LogP contribution >= 0.6 is 22.7 Å². The summed E-state index contributed by atoms with van der Waals surface area (Å²) in [6, 6.07) is 4.36. The van der Waals surface area contributed by atoms with Crippen LogP contribution in [0.3, 0.4) is 0 Å². The summed E-state index contributed by atoms with van der Waals surface area (Å²) in [5.41, 5.74) is 2.85. The van der Waals surface area contributed by atoms with E-state index >= 15 is 0 Å². The summed E-state index contributed by atoms with van der Waals surface area (Å²) in [4.78, 5) is 18.7. The molecule has 1 fully saturated rings. The van der Waals surface area contributed by atoms with E-state index in [1.165, 1.54) is 28.8 Å². The third-order valence-electron chi connectivity index (χ3n) is 4.75. The monoisotopic (exact) mass is 333 g/mol. The standard InChI is InChI=1S/C17H20N2OS2/c20-17(16-10-14-2-1-3-15(14)22-16)19-7-5-18(6-8-19)11-13-4-9-21-12-13/h4,9-10,12H,1-3,5-8,11H2/p+1. The molecule has 0 saturated carbocycles. The average Bonchev–Trinajstić information content (AvgIpc) is 3.24. The van der Waals surface area contributed by atoms with Gasteiger partial charge in [0.25, 0.3) is 5.91 Å². The summed E-state index contributed by atoms with van der Waals surface area (Å²) in [5.74, 6) is 0.258. The van der Waals surface area contributed by atoms with Crippen molar-refractivity contribution in [1.29, 1.82) is 0 Å². The van der Waals surface area contributed by atoms with Crippen molar-refractivity contribution in [3.8, 4) is 0 Å². The maximum atomic E-state index is 12.7. The van der Waals surface area contributed by atoms with E-state index in [0.29, 0.717) is 0 Å². The molecular formula is C17H21N2OS2+. The molecule has 4 rings (SSSR count). The average molecular weight is 334 g/mol. The van der Waals surface area contributed by atoms with Gasteiger partial charge < -0.3 is 9.80 Å². The molecule has 0 aromatic carbocycles. The number of fused-ring (bicyclic) bond motifs is 1. The Kier molecular flexibility index (Phi) is 4.03. The molecule has 1 aliphatic heterocycles. The first-order valence-electron chi connectivity index (χ1n) is 8.05. The zero-order chi connectivity index (χ0) is 14.9. The molecule has 2 aromatic heterocycles. The zero-order valence-electron chi connectivity index (χ0n) is 12.6. The van der Waals surface area contributed by atoms with Crippen LogP contribution in [0.1, 0.15) is 32.1 Å². The largest absolute Gasteiger partial charge is 0.328 e. The molecule has 0 bridgehead atoms. The maximum absolute atomic E-state index is 12.7. The van der Waals surface area contributed by atoms with E-state index in [9.17, 15) is 4.79 Å². The van der Waals surface area contributed by atoms with E-state index in [0.717, 1.165) is 44.0 Å². The van der Waals surface area contributed by atoms with E-state index in [1.54, 1.807) is 27.6 Å². The van der Waals surface area contributed by atoms with Crippen molar-refractivity contribution in [3.05, 3.63) is 43.8 Å². The van der Waals surface area contributed by atoms with Gasteiger partial charge in [-0.1, -0.05) is 0 Å². The molecule has 3 nitrogen and oxygen atoms in total. The maximum Gasteiger partial charge on any atom is 0.264 e. The number of thiophene rings is 2. The number of carbonyl (C=O) groups excluding carboxylic acids is 1. The van der Waals surface area contributed by atoms with Gasteiger partial charge in [0, 0.05) is 10.4 Å². The highest BCUT2D eigenvalue weighted by Crippen LogP contribution is 2.31. The number of nitrogens with zero attached hydrogens (tertiary/aromatic N) is 1. The van der Waals surface area contributed by atoms with Crippen molar-refractivity contribution in [2.45, 2.75) is 25.8 Å². The summed E-state index contributed by atoms with van der Waals surface area (Å²) in [7, 11) is 0. The fourth-order valence-electron chi connectivity index (χ4n) is 3.48. The summed E-state index contributed by atoms with van der Waals surface area (Å²) in [6.45, 7) is 5.00. The number of amides is 1. The Morgan fingerprint density at radius 3 is 2.86 bits per heavy atom. The molecule has 1 N–H and O–H groups in total. The Balaban J connectivity index is 1.35. The molecule has 2 aromatic rings. The van der Waals surface area contributed by atoms with Crippen LogP contribution in [0, 0.1) is 0 Å². The van der Waals surface area contributed by atoms with Gasteiger partial charge in [-0.2, -0.15) is 11.3 Å². The lowest BCUT2D eigenvalue weighted by Crippen LogP contribution is -3.13. The SMILES string of the molecule is O=C(c1cc2c(s1)CCC2)N1CC[NH+](Cc2ccsc2)CC1. The molecule has 0 spiro atoms. The minimum Gasteiger partial charge on any atom is -0.328 e. The smallest absolute Gasteiger partial charge is 0.264 e. The lowest BCUT2D eigenvalue weighted by atomic mass is 10.2. The first-order chi connectivity index (χ1) is 10.8. The second-order valence-electron chi connectivity index (χ2n) is 6.26. The molecule has 0 radical (unpaired) electrons. The summed E-state index contributed by atoms with van der Waals surface area (Å²) in [6.07, 6.45) is 3.60. The number of hydrogen-bond acceptors (Lipinski definition) is 3. The molecule has 1 saturated heterocycles. The molecule has 1 aliphatic carbocycles.